The van der Waals surface area contributed by atoms with E-state index in [0.29, 0.717) is 0 Å². The molecule has 1 aliphatic rings. The molecule has 3 rings (SSSR count). The molecule has 0 saturated carbocycles. The Kier molecular flexibility index (Phi) is 3.33. The monoisotopic (exact) mass is 317 g/mol. The maximum absolute atomic E-state index is 6.46. The van der Waals surface area contributed by atoms with Gasteiger partial charge in [0.1, 0.15) is 5.75 Å². The van der Waals surface area contributed by atoms with E-state index < -0.39 is 0 Å². The van der Waals surface area contributed by atoms with Crippen LogP contribution in [0.2, 0.25) is 0 Å². The molecule has 2 aromatic rings. The molecule has 0 saturated heterocycles. The fourth-order valence-electron chi connectivity index (χ4n) is 2.61. The van der Waals surface area contributed by atoms with Gasteiger partial charge in [0.25, 0.3) is 0 Å². The molecule has 3 heteroatoms. The molecular weight excluding hydrogens is 302 g/mol. The minimum Gasteiger partial charge on any atom is -0.493 e. The summed E-state index contributed by atoms with van der Waals surface area (Å²) in [6, 6.07) is 12.2. The third-order valence-electron chi connectivity index (χ3n) is 3.72. The molecule has 1 unspecified atom stereocenters. The Morgan fingerprint density at radius 1 is 1.16 bits per heavy atom. The van der Waals surface area contributed by atoms with E-state index in [0.717, 1.165) is 34.4 Å². The predicted molar refractivity (Wildman–Crippen MR) is 80.6 cm³/mol. The molecule has 1 aliphatic heterocycles. The fraction of sp³-hybridized carbons (Fsp3) is 0.250. The van der Waals surface area contributed by atoms with Gasteiger partial charge in [-0.1, -0.05) is 46.3 Å². The van der Waals surface area contributed by atoms with Crippen LogP contribution in [0.4, 0.5) is 0 Å². The Labute approximate surface area is 121 Å². The molecule has 0 bridgehead atoms. The Morgan fingerprint density at radius 3 is 2.74 bits per heavy atom. The zero-order valence-electron chi connectivity index (χ0n) is 10.8. The van der Waals surface area contributed by atoms with Crippen molar-refractivity contribution in [2.24, 2.45) is 5.73 Å². The lowest BCUT2D eigenvalue weighted by molar-refractivity contribution is 0.352. The first kappa shape index (κ1) is 12.7. The lowest BCUT2D eigenvalue weighted by Gasteiger charge is -2.18. The predicted octanol–water partition coefficient (Wildman–Crippen LogP) is 3.74. The molecule has 0 aliphatic carbocycles. The third kappa shape index (κ3) is 2.17. The van der Waals surface area contributed by atoms with Crippen molar-refractivity contribution in [3.05, 3.63) is 63.1 Å². The summed E-state index contributed by atoms with van der Waals surface area (Å²) in [6.07, 6.45) is 0.980. The molecular formula is C16H16BrNO. The highest BCUT2D eigenvalue weighted by molar-refractivity contribution is 9.10. The molecule has 19 heavy (non-hydrogen) atoms. The summed E-state index contributed by atoms with van der Waals surface area (Å²) >= 11 is 3.56. The lowest BCUT2D eigenvalue weighted by atomic mass is 9.94. The first-order valence-electron chi connectivity index (χ1n) is 6.43. The van der Waals surface area contributed by atoms with Crippen molar-refractivity contribution in [1.82, 2.24) is 0 Å². The number of ether oxygens (including phenoxy) is 1. The van der Waals surface area contributed by atoms with Gasteiger partial charge in [-0.05, 0) is 29.7 Å². The molecule has 2 N–H and O–H groups in total. The van der Waals surface area contributed by atoms with E-state index in [9.17, 15) is 0 Å². The number of para-hydroxylation sites is 1. The summed E-state index contributed by atoms with van der Waals surface area (Å²) in [7, 11) is 0. The van der Waals surface area contributed by atoms with E-state index in [1.807, 2.05) is 12.1 Å². The lowest BCUT2D eigenvalue weighted by Crippen LogP contribution is -2.14. The van der Waals surface area contributed by atoms with Crippen molar-refractivity contribution < 1.29 is 4.74 Å². The molecule has 0 spiro atoms. The highest BCUT2D eigenvalue weighted by Crippen LogP contribution is 2.36. The minimum atomic E-state index is -0.148. The first-order chi connectivity index (χ1) is 9.18. The standard InChI is InChI=1S/C16H16BrNO/c1-10-12(5-3-7-14(10)17)15(18)13-6-2-4-11-8-9-19-16(11)13/h2-7,15H,8-9,18H2,1H3. The quantitative estimate of drug-likeness (QED) is 0.915. The van der Waals surface area contributed by atoms with Crippen molar-refractivity contribution in [2.45, 2.75) is 19.4 Å². The van der Waals surface area contributed by atoms with Gasteiger partial charge in [0.05, 0.1) is 12.6 Å². The smallest absolute Gasteiger partial charge is 0.127 e. The van der Waals surface area contributed by atoms with Crippen LogP contribution in [0.15, 0.2) is 40.9 Å². The molecule has 1 atom stereocenters. The molecule has 0 amide bonds. The summed E-state index contributed by atoms with van der Waals surface area (Å²) in [5, 5.41) is 0. The van der Waals surface area contributed by atoms with Gasteiger partial charge in [-0.15, -0.1) is 0 Å². The number of hydrogen-bond acceptors (Lipinski definition) is 2. The summed E-state index contributed by atoms with van der Waals surface area (Å²) in [4.78, 5) is 0. The summed E-state index contributed by atoms with van der Waals surface area (Å²) in [6.45, 7) is 2.85. The van der Waals surface area contributed by atoms with Gasteiger partial charge in [0, 0.05) is 16.5 Å². The number of benzene rings is 2. The largest absolute Gasteiger partial charge is 0.493 e. The van der Waals surface area contributed by atoms with Crippen LogP contribution in [-0.2, 0) is 6.42 Å². The number of halogens is 1. The highest BCUT2D eigenvalue weighted by atomic mass is 79.9. The zero-order valence-corrected chi connectivity index (χ0v) is 12.4. The Balaban J connectivity index is 2.08. The second-order valence-electron chi connectivity index (χ2n) is 4.87. The maximum atomic E-state index is 6.46. The number of nitrogens with two attached hydrogens (primary N) is 1. The second-order valence-corrected chi connectivity index (χ2v) is 5.72. The highest BCUT2D eigenvalue weighted by Gasteiger charge is 2.22. The Bertz CT molecular complexity index is 624. The normalized spacial score (nSPS) is 14.9. The molecule has 1 heterocycles. The van der Waals surface area contributed by atoms with Crippen LogP contribution < -0.4 is 10.5 Å². The van der Waals surface area contributed by atoms with Crippen LogP contribution in [0, 0.1) is 6.92 Å². The maximum Gasteiger partial charge on any atom is 0.127 e. The molecule has 0 radical (unpaired) electrons. The molecule has 0 aromatic heterocycles. The first-order valence-corrected chi connectivity index (χ1v) is 7.23. The average Bonchev–Trinajstić information content (AvgIpc) is 2.89. The Hall–Kier alpha value is -1.32. The molecule has 2 aromatic carbocycles. The number of hydrogen-bond donors (Lipinski definition) is 1. The van der Waals surface area contributed by atoms with E-state index in [1.54, 1.807) is 0 Å². The van der Waals surface area contributed by atoms with Gasteiger partial charge in [-0.3, -0.25) is 0 Å². The van der Waals surface area contributed by atoms with Crippen molar-refractivity contribution in [1.29, 1.82) is 0 Å². The van der Waals surface area contributed by atoms with Crippen molar-refractivity contribution in [3.8, 4) is 5.75 Å². The van der Waals surface area contributed by atoms with Gasteiger partial charge in [-0.2, -0.15) is 0 Å². The van der Waals surface area contributed by atoms with Crippen LogP contribution in [0.5, 0.6) is 5.75 Å². The van der Waals surface area contributed by atoms with Crippen molar-refractivity contribution in [3.63, 3.8) is 0 Å². The van der Waals surface area contributed by atoms with Gasteiger partial charge in [0.15, 0.2) is 0 Å². The van der Waals surface area contributed by atoms with E-state index >= 15 is 0 Å². The van der Waals surface area contributed by atoms with Gasteiger partial charge in [-0.25, -0.2) is 0 Å². The molecule has 98 valence electrons. The molecule has 2 nitrogen and oxygen atoms in total. The van der Waals surface area contributed by atoms with Gasteiger partial charge in [0.2, 0.25) is 0 Å². The van der Waals surface area contributed by atoms with E-state index in [-0.39, 0.29) is 6.04 Å². The van der Waals surface area contributed by atoms with Crippen molar-refractivity contribution >= 4 is 15.9 Å². The van der Waals surface area contributed by atoms with Crippen LogP contribution >= 0.6 is 15.9 Å². The second kappa shape index (κ2) is 4.99. The number of rotatable bonds is 2. The van der Waals surface area contributed by atoms with Crippen LogP contribution in [0.25, 0.3) is 0 Å². The van der Waals surface area contributed by atoms with Crippen molar-refractivity contribution in [2.75, 3.05) is 6.61 Å². The summed E-state index contributed by atoms with van der Waals surface area (Å²) in [5.41, 5.74) is 11.1. The molecule has 0 fully saturated rings. The van der Waals surface area contributed by atoms with Crippen LogP contribution in [0.1, 0.15) is 28.3 Å². The third-order valence-corrected chi connectivity index (χ3v) is 4.58. The van der Waals surface area contributed by atoms with E-state index in [1.165, 1.54) is 11.1 Å². The topological polar surface area (TPSA) is 35.2 Å². The van der Waals surface area contributed by atoms with Gasteiger partial charge >= 0.3 is 0 Å². The van der Waals surface area contributed by atoms with Gasteiger partial charge < -0.3 is 10.5 Å². The summed E-state index contributed by atoms with van der Waals surface area (Å²) < 4.78 is 6.84. The SMILES string of the molecule is Cc1c(Br)cccc1C(N)c1cccc2c1OCC2. The Morgan fingerprint density at radius 2 is 1.89 bits per heavy atom. The van der Waals surface area contributed by atoms with E-state index in [4.69, 9.17) is 10.5 Å². The number of fused-ring (bicyclic) bond motifs is 1. The van der Waals surface area contributed by atoms with E-state index in [2.05, 4.69) is 47.1 Å². The zero-order chi connectivity index (χ0) is 13.4. The average molecular weight is 318 g/mol. The summed E-state index contributed by atoms with van der Waals surface area (Å²) in [5.74, 6) is 0.981. The minimum absolute atomic E-state index is 0.148. The van der Waals surface area contributed by atoms with Crippen LogP contribution in [0.3, 0.4) is 0 Å². The fourth-order valence-corrected chi connectivity index (χ4v) is 3.00. The van der Waals surface area contributed by atoms with Crippen LogP contribution in [-0.4, -0.2) is 6.61 Å².